The summed E-state index contributed by atoms with van der Waals surface area (Å²) in [4.78, 5) is 0. The van der Waals surface area contributed by atoms with Gasteiger partial charge in [0.15, 0.2) is 0 Å². The number of rotatable bonds is 3. The van der Waals surface area contributed by atoms with Gasteiger partial charge in [0, 0.05) is 11.0 Å². The van der Waals surface area contributed by atoms with E-state index in [1.807, 2.05) is 20.8 Å². The Balaban J connectivity index is 2.33. The van der Waals surface area contributed by atoms with Crippen LogP contribution >= 0.6 is 27.9 Å². The quantitative estimate of drug-likeness (QED) is 0.401. The van der Waals surface area contributed by atoms with Crippen LogP contribution in [0.4, 0.5) is 8.78 Å². The van der Waals surface area contributed by atoms with Gasteiger partial charge in [-0.05, 0) is 79.0 Å². The molecule has 1 aromatic rings. The van der Waals surface area contributed by atoms with Gasteiger partial charge in [-0.1, -0.05) is 0 Å². The molecule has 1 aliphatic rings. The van der Waals surface area contributed by atoms with Gasteiger partial charge in [0.05, 0.1) is 10.0 Å². The molecule has 0 N–H and O–H groups in total. The van der Waals surface area contributed by atoms with Crippen molar-refractivity contribution in [3.63, 3.8) is 0 Å². The van der Waals surface area contributed by atoms with E-state index in [2.05, 4.69) is 20.3 Å². The largest absolute Gasteiger partial charge is 0.223 e. The Bertz CT molecular complexity index is 519. The highest BCUT2D eigenvalue weighted by Gasteiger charge is 2.29. The highest BCUT2D eigenvalue weighted by molar-refractivity contribution is 9.10. The molecule has 1 fully saturated rings. The minimum Gasteiger partial charge on any atom is -0.223 e. The molecule has 1 aliphatic carbocycles. The van der Waals surface area contributed by atoms with Gasteiger partial charge in [-0.3, -0.25) is 0 Å². The predicted molar refractivity (Wildman–Crippen MR) is 81.0 cm³/mol. The van der Waals surface area contributed by atoms with Crippen molar-refractivity contribution >= 4 is 34.1 Å². The number of nitrogens with zero attached hydrogens (tertiary/aromatic N) is 1. The molecule has 19 heavy (non-hydrogen) atoms. The molecule has 1 saturated carbocycles. The second-order valence-electron chi connectivity index (χ2n) is 5.70. The van der Waals surface area contributed by atoms with Crippen molar-refractivity contribution in [2.75, 3.05) is 0 Å². The van der Waals surface area contributed by atoms with Gasteiger partial charge in [-0.25, -0.2) is 13.2 Å². The molecule has 0 unspecified atom stereocenters. The summed E-state index contributed by atoms with van der Waals surface area (Å²) in [5.74, 6) is -0.819. The van der Waals surface area contributed by atoms with Crippen molar-refractivity contribution in [2.24, 2.45) is 4.40 Å². The minimum absolute atomic E-state index is 0.0481. The van der Waals surface area contributed by atoms with Gasteiger partial charge in [-0.2, -0.15) is 0 Å². The van der Waals surface area contributed by atoms with Crippen molar-refractivity contribution < 1.29 is 8.78 Å². The van der Waals surface area contributed by atoms with E-state index < -0.39 is 11.6 Å². The molecule has 1 aromatic carbocycles. The van der Waals surface area contributed by atoms with E-state index in [1.54, 1.807) is 6.07 Å². The number of hydrogen-bond donors (Lipinski definition) is 0. The van der Waals surface area contributed by atoms with E-state index in [-0.39, 0.29) is 16.2 Å². The summed E-state index contributed by atoms with van der Waals surface area (Å²) in [6, 6.07) is 1.55. The van der Waals surface area contributed by atoms with Gasteiger partial charge < -0.3 is 0 Å². The molecule has 1 nitrogen and oxygen atoms in total. The lowest BCUT2D eigenvalue weighted by molar-refractivity contribution is 0.565. The monoisotopic (exact) mass is 347 g/mol. The van der Waals surface area contributed by atoms with Gasteiger partial charge >= 0.3 is 0 Å². The van der Waals surface area contributed by atoms with Crippen molar-refractivity contribution in [2.45, 2.75) is 44.3 Å². The third-order valence-electron chi connectivity index (χ3n) is 2.74. The third-order valence-corrected chi connectivity index (χ3v) is 4.08. The SMILES string of the molecule is CC(C)(C)S/N=C/c1c(F)c(Br)cc(C2CC2)c1F. The van der Waals surface area contributed by atoms with Crippen molar-refractivity contribution in [3.05, 3.63) is 33.3 Å². The van der Waals surface area contributed by atoms with Crippen LogP contribution in [0.15, 0.2) is 14.9 Å². The van der Waals surface area contributed by atoms with E-state index in [0.29, 0.717) is 10.0 Å². The zero-order valence-electron chi connectivity index (χ0n) is 11.1. The van der Waals surface area contributed by atoms with Crippen molar-refractivity contribution in [1.82, 2.24) is 0 Å². The Hall–Kier alpha value is -0.420. The van der Waals surface area contributed by atoms with E-state index in [1.165, 1.54) is 18.2 Å². The fraction of sp³-hybridized carbons (Fsp3) is 0.500. The Morgan fingerprint density at radius 2 is 1.95 bits per heavy atom. The van der Waals surface area contributed by atoms with Crippen molar-refractivity contribution in [3.8, 4) is 0 Å². The molecule has 0 saturated heterocycles. The lowest BCUT2D eigenvalue weighted by atomic mass is 10.1. The molecule has 2 rings (SSSR count). The van der Waals surface area contributed by atoms with Crippen LogP contribution in [0.5, 0.6) is 0 Å². The fourth-order valence-corrected chi connectivity index (χ4v) is 2.62. The molecule has 104 valence electrons. The van der Waals surface area contributed by atoms with Gasteiger partial charge in [0.25, 0.3) is 0 Å². The highest BCUT2D eigenvalue weighted by atomic mass is 79.9. The zero-order chi connectivity index (χ0) is 14.2. The van der Waals surface area contributed by atoms with E-state index in [0.717, 1.165) is 12.8 Å². The minimum atomic E-state index is -0.583. The third kappa shape index (κ3) is 3.78. The number of hydrogen-bond acceptors (Lipinski definition) is 2. The fourth-order valence-electron chi connectivity index (χ4n) is 1.69. The molecule has 0 radical (unpaired) electrons. The van der Waals surface area contributed by atoms with E-state index in [4.69, 9.17) is 0 Å². The summed E-state index contributed by atoms with van der Waals surface area (Å²) in [6.45, 7) is 5.99. The lowest BCUT2D eigenvalue weighted by Crippen LogP contribution is -2.06. The summed E-state index contributed by atoms with van der Waals surface area (Å²) in [5.41, 5.74) is 0.545. The maximum Gasteiger partial charge on any atom is 0.149 e. The van der Waals surface area contributed by atoms with Crippen LogP contribution in [0, 0.1) is 11.6 Å². The highest BCUT2D eigenvalue weighted by Crippen LogP contribution is 2.43. The van der Waals surface area contributed by atoms with Gasteiger partial charge in [0.2, 0.25) is 0 Å². The predicted octanol–water partition coefficient (Wildman–Crippen LogP) is 5.47. The Labute approximate surface area is 125 Å². The molecular weight excluding hydrogens is 332 g/mol. The molecule has 0 aromatic heterocycles. The van der Waals surface area contributed by atoms with E-state index in [9.17, 15) is 8.78 Å². The Morgan fingerprint density at radius 1 is 1.32 bits per heavy atom. The zero-order valence-corrected chi connectivity index (χ0v) is 13.5. The molecule has 0 heterocycles. The van der Waals surface area contributed by atoms with Crippen LogP contribution in [0.2, 0.25) is 0 Å². The first kappa shape index (κ1) is 15.0. The van der Waals surface area contributed by atoms with Crippen LogP contribution < -0.4 is 0 Å². The molecule has 5 heteroatoms. The normalized spacial score (nSPS) is 16.3. The number of halogens is 3. The topological polar surface area (TPSA) is 12.4 Å². The average Bonchev–Trinajstić information content (AvgIpc) is 3.10. The lowest BCUT2D eigenvalue weighted by Gasteiger charge is -2.13. The van der Waals surface area contributed by atoms with Gasteiger partial charge in [0.1, 0.15) is 11.6 Å². The summed E-state index contributed by atoms with van der Waals surface area (Å²) >= 11 is 4.45. The summed E-state index contributed by atoms with van der Waals surface area (Å²) in [5, 5.41) is 0. The summed E-state index contributed by atoms with van der Waals surface area (Å²) in [7, 11) is 0. The summed E-state index contributed by atoms with van der Waals surface area (Å²) in [6.07, 6.45) is 3.24. The summed E-state index contributed by atoms with van der Waals surface area (Å²) < 4.78 is 32.5. The Kier molecular flexibility index (Phi) is 4.35. The van der Waals surface area contributed by atoms with Crippen LogP contribution in [-0.2, 0) is 0 Å². The molecular formula is C14H16BrF2NS. The average molecular weight is 348 g/mol. The standard InChI is InChI=1S/C14H16BrF2NS/c1-14(2,3)19-18-7-10-12(16)9(8-4-5-8)6-11(15)13(10)17/h6-8H,4-5H2,1-3H3/b18-7+. The van der Waals surface area contributed by atoms with Crippen LogP contribution in [0.3, 0.4) is 0 Å². The molecule has 0 atom stereocenters. The van der Waals surface area contributed by atoms with Gasteiger partial charge in [-0.15, -0.1) is 0 Å². The molecule has 0 aliphatic heterocycles. The van der Waals surface area contributed by atoms with E-state index >= 15 is 0 Å². The maximum absolute atomic E-state index is 14.3. The van der Waals surface area contributed by atoms with Crippen LogP contribution in [0.1, 0.15) is 50.7 Å². The van der Waals surface area contributed by atoms with Crippen LogP contribution in [-0.4, -0.2) is 11.0 Å². The molecule has 0 spiro atoms. The first-order chi connectivity index (χ1) is 8.79. The molecule has 0 bridgehead atoms. The second kappa shape index (κ2) is 5.52. The molecule has 0 amide bonds. The van der Waals surface area contributed by atoms with Crippen molar-refractivity contribution in [1.29, 1.82) is 0 Å². The smallest absolute Gasteiger partial charge is 0.149 e. The Morgan fingerprint density at radius 3 is 2.47 bits per heavy atom. The maximum atomic E-state index is 14.3. The first-order valence-electron chi connectivity index (χ1n) is 6.18. The second-order valence-corrected chi connectivity index (χ2v) is 8.17. The first-order valence-corrected chi connectivity index (χ1v) is 7.75. The number of benzene rings is 1. The van der Waals surface area contributed by atoms with Crippen LogP contribution in [0.25, 0.3) is 0 Å².